The highest BCUT2D eigenvalue weighted by Gasteiger charge is 2.50. The number of hydrogen-bond acceptors (Lipinski definition) is 3. The monoisotopic (exact) mass is 386 g/mol. The van der Waals surface area contributed by atoms with Crippen molar-refractivity contribution in [2.75, 3.05) is 13.1 Å². The van der Waals surface area contributed by atoms with Crippen LogP contribution in [0.15, 0.2) is 30.6 Å². The minimum atomic E-state index is 0.161. The lowest BCUT2D eigenvalue weighted by Crippen LogP contribution is -2.35. The summed E-state index contributed by atoms with van der Waals surface area (Å²) in [5, 5.41) is 9.33. The van der Waals surface area contributed by atoms with Crippen molar-refractivity contribution in [3.63, 3.8) is 0 Å². The molecule has 2 aromatic rings. The molecule has 4 rings (SSSR count). The van der Waals surface area contributed by atoms with Gasteiger partial charge in [0.25, 0.3) is 0 Å². The molecule has 0 radical (unpaired) electrons. The molecule has 1 aliphatic carbocycles. The van der Waals surface area contributed by atoms with Crippen molar-refractivity contribution < 1.29 is 4.79 Å². The fraction of sp³-hybridized carbons (Fsp3) is 0.571. The summed E-state index contributed by atoms with van der Waals surface area (Å²) in [4.78, 5) is 15.1. The van der Waals surface area contributed by atoms with Crippen LogP contribution in [0.3, 0.4) is 0 Å². The Hall–Kier alpha value is -1.88. The number of aromatic nitrogens is 3. The van der Waals surface area contributed by atoms with Crippen LogP contribution in [0.1, 0.15) is 56.3 Å². The lowest BCUT2D eigenvalue weighted by Gasteiger charge is -2.37. The molecule has 1 atom stereocenters. The van der Waals surface area contributed by atoms with Crippen LogP contribution in [-0.4, -0.2) is 38.7 Å². The summed E-state index contributed by atoms with van der Waals surface area (Å²) in [6, 6.07) is 7.59. The average Bonchev–Trinajstić information content (AvgIpc) is 3.28. The van der Waals surface area contributed by atoms with E-state index in [2.05, 4.69) is 26.6 Å². The number of carbonyl (C=O) groups excluding carboxylic acids is 1. The van der Waals surface area contributed by atoms with Gasteiger partial charge in [0, 0.05) is 30.6 Å². The highest BCUT2D eigenvalue weighted by molar-refractivity contribution is 6.30. The Balaban J connectivity index is 1.56. The van der Waals surface area contributed by atoms with Crippen molar-refractivity contribution in [2.24, 2.45) is 5.41 Å². The van der Waals surface area contributed by atoms with Gasteiger partial charge in [-0.05, 0) is 42.9 Å². The van der Waals surface area contributed by atoms with Crippen molar-refractivity contribution in [2.45, 2.75) is 57.9 Å². The lowest BCUT2D eigenvalue weighted by molar-refractivity contribution is -0.129. The zero-order chi connectivity index (χ0) is 18.9. The molecule has 1 amide bonds. The SMILES string of the molecule is CCn1cnnc1C1CN(C(=O)Cc2ccc(Cl)cc2)CC12CCCCC2. The van der Waals surface area contributed by atoms with E-state index in [9.17, 15) is 4.79 Å². The van der Waals surface area contributed by atoms with Crippen LogP contribution in [0.2, 0.25) is 5.02 Å². The minimum Gasteiger partial charge on any atom is -0.341 e. The number of benzene rings is 1. The Bertz CT molecular complexity index is 795. The van der Waals surface area contributed by atoms with Gasteiger partial charge in [-0.15, -0.1) is 10.2 Å². The second-order valence-electron chi connectivity index (χ2n) is 8.03. The van der Waals surface area contributed by atoms with E-state index < -0.39 is 0 Å². The fourth-order valence-corrected chi connectivity index (χ4v) is 5.07. The lowest BCUT2D eigenvalue weighted by atomic mass is 9.67. The molecule has 0 bridgehead atoms. The van der Waals surface area contributed by atoms with Crippen LogP contribution in [0, 0.1) is 5.41 Å². The number of hydrogen-bond donors (Lipinski definition) is 0. The first-order chi connectivity index (χ1) is 13.1. The van der Waals surface area contributed by atoms with Gasteiger partial charge in [-0.2, -0.15) is 0 Å². The van der Waals surface area contributed by atoms with Gasteiger partial charge >= 0.3 is 0 Å². The summed E-state index contributed by atoms with van der Waals surface area (Å²) in [5.74, 6) is 1.54. The molecule has 1 aromatic carbocycles. The van der Waals surface area contributed by atoms with Crippen LogP contribution in [-0.2, 0) is 17.8 Å². The van der Waals surface area contributed by atoms with E-state index in [0.29, 0.717) is 11.4 Å². The third-order valence-corrected chi connectivity index (χ3v) is 6.67. The van der Waals surface area contributed by atoms with Gasteiger partial charge in [0.05, 0.1) is 6.42 Å². The van der Waals surface area contributed by atoms with Crippen LogP contribution >= 0.6 is 11.6 Å². The van der Waals surface area contributed by atoms with Gasteiger partial charge in [0.1, 0.15) is 12.2 Å². The maximum Gasteiger partial charge on any atom is 0.227 e. The molecule has 2 aliphatic rings. The fourth-order valence-electron chi connectivity index (χ4n) is 4.94. The van der Waals surface area contributed by atoms with Crippen LogP contribution in [0.4, 0.5) is 0 Å². The molecule has 1 saturated carbocycles. The Morgan fingerprint density at radius 2 is 1.96 bits per heavy atom. The number of amides is 1. The normalized spacial score (nSPS) is 21.7. The minimum absolute atomic E-state index is 0.161. The first kappa shape index (κ1) is 18.5. The van der Waals surface area contributed by atoms with Gasteiger partial charge in [-0.3, -0.25) is 4.79 Å². The zero-order valence-corrected chi connectivity index (χ0v) is 16.7. The average molecular weight is 387 g/mol. The second kappa shape index (κ2) is 7.63. The summed E-state index contributed by atoms with van der Waals surface area (Å²) in [5.41, 5.74) is 1.18. The van der Waals surface area contributed by atoms with Crippen molar-refractivity contribution in [1.29, 1.82) is 0 Å². The van der Waals surface area contributed by atoms with E-state index in [4.69, 9.17) is 11.6 Å². The van der Waals surface area contributed by atoms with E-state index in [1.807, 2.05) is 30.6 Å². The Morgan fingerprint density at radius 1 is 1.22 bits per heavy atom. The number of carbonyl (C=O) groups is 1. The summed E-state index contributed by atoms with van der Waals surface area (Å²) in [6.07, 6.45) is 8.40. The summed E-state index contributed by atoms with van der Waals surface area (Å²) >= 11 is 5.97. The second-order valence-corrected chi connectivity index (χ2v) is 8.46. The third kappa shape index (κ3) is 3.62. The van der Waals surface area contributed by atoms with Gasteiger partial charge in [0.2, 0.25) is 5.91 Å². The molecule has 1 unspecified atom stereocenters. The molecule has 2 fully saturated rings. The van der Waals surface area contributed by atoms with Crippen molar-refractivity contribution in [3.05, 3.63) is 47.0 Å². The van der Waals surface area contributed by atoms with E-state index in [-0.39, 0.29) is 17.2 Å². The molecular weight excluding hydrogens is 360 g/mol. The van der Waals surface area contributed by atoms with Crippen LogP contribution < -0.4 is 0 Å². The smallest absolute Gasteiger partial charge is 0.227 e. The number of likely N-dealkylation sites (tertiary alicyclic amines) is 1. The number of aryl methyl sites for hydroxylation is 1. The summed E-state index contributed by atoms with van der Waals surface area (Å²) in [7, 11) is 0. The summed E-state index contributed by atoms with van der Waals surface area (Å²) < 4.78 is 2.15. The maximum atomic E-state index is 13.0. The quantitative estimate of drug-likeness (QED) is 0.795. The predicted molar refractivity (Wildman–Crippen MR) is 106 cm³/mol. The number of rotatable bonds is 4. The van der Waals surface area contributed by atoms with Crippen LogP contribution in [0.25, 0.3) is 0 Å². The first-order valence-corrected chi connectivity index (χ1v) is 10.4. The first-order valence-electron chi connectivity index (χ1n) is 10.0. The van der Waals surface area contributed by atoms with Gasteiger partial charge in [0.15, 0.2) is 0 Å². The van der Waals surface area contributed by atoms with E-state index >= 15 is 0 Å². The Labute approximate surface area is 165 Å². The van der Waals surface area contributed by atoms with Crippen molar-refractivity contribution in [1.82, 2.24) is 19.7 Å². The molecule has 1 aliphatic heterocycles. The molecule has 27 heavy (non-hydrogen) atoms. The molecule has 1 aromatic heterocycles. The highest BCUT2D eigenvalue weighted by Crippen LogP contribution is 2.51. The largest absolute Gasteiger partial charge is 0.341 e. The molecule has 1 spiro atoms. The highest BCUT2D eigenvalue weighted by atomic mass is 35.5. The van der Waals surface area contributed by atoms with E-state index in [0.717, 1.165) is 31.0 Å². The Morgan fingerprint density at radius 3 is 2.67 bits per heavy atom. The molecule has 2 heterocycles. The molecule has 144 valence electrons. The third-order valence-electron chi connectivity index (χ3n) is 6.42. The van der Waals surface area contributed by atoms with Gasteiger partial charge in [-0.1, -0.05) is 43.0 Å². The molecule has 5 nitrogen and oxygen atoms in total. The number of halogens is 1. The molecule has 1 saturated heterocycles. The van der Waals surface area contributed by atoms with Gasteiger partial charge < -0.3 is 9.47 Å². The summed E-state index contributed by atoms with van der Waals surface area (Å²) in [6.45, 7) is 4.60. The zero-order valence-electron chi connectivity index (χ0n) is 15.9. The maximum absolute atomic E-state index is 13.0. The number of nitrogens with zero attached hydrogens (tertiary/aromatic N) is 4. The topological polar surface area (TPSA) is 51.0 Å². The van der Waals surface area contributed by atoms with E-state index in [1.165, 1.54) is 32.1 Å². The molecule has 0 N–H and O–H groups in total. The Kier molecular flexibility index (Phi) is 5.22. The molecule has 6 heteroatoms. The van der Waals surface area contributed by atoms with E-state index in [1.54, 1.807) is 0 Å². The van der Waals surface area contributed by atoms with Crippen LogP contribution in [0.5, 0.6) is 0 Å². The molecular formula is C21H27ClN4O. The van der Waals surface area contributed by atoms with Crippen molar-refractivity contribution >= 4 is 17.5 Å². The predicted octanol–water partition coefficient (Wildman–Crippen LogP) is 4.07. The van der Waals surface area contributed by atoms with Crippen molar-refractivity contribution in [3.8, 4) is 0 Å². The standard InChI is InChI=1S/C21H27ClN4O/c1-2-25-15-23-24-20(25)18-13-26(14-21(18)10-4-3-5-11-21)19(27)12-16-6-8-17(22)9-7-16/h6-9,15,18H,2-5,10-14H2,1H3. The van der Waals surface area contributed by atoms with Gasteiger partial charge in [-0.25, -0.2) is 0 Å².